The molecule has 24 heavy (non-hydrogen) atoms. The van der Waals surface area contributed by atoms with Crippen molar-refractivity contribution in [1.29, 1.82) is 0 Å². The minimum absolute atomic E-state index is 0.0671. The van der Waals surface area contributed by atoms with Crippen molar-refractivity contribution >= 4 is 27.9 Å². The number of alkyl halides is 3. The fourth-order valence-corrected chi connectivity index (χ4v) is 3.31. The molecule has 0 bridgehead atoms. The van der Waals surface area contributed by atoms with E-state index in [2.05, 4.69) is 21.2 Å². The van der Waals surface area contributed by atoms with Gasteiger partial charge in [0, 0.05) is 22.2 Å². The van der Waals surface area contributed by atoms with Gasteiger partial charge in [-0.2, -0.15) is 13.2 Å². The monoisotopic (exact) mass is 405 g/mol. The van der Waals surface area contributed by atoms with Crippen molar-refractivity contribution in [3.05, 3.63) is 34.3 Å². The van der Waals surface area contributed by atoms with E-state index in [0.717, 1.165) is 4.47 Å². The molecule has 0 saturated heterocycles. The largest absolute Gasteiger partial charge is 0.496 e. The minimum Gasteiger partial charge on any atom is -0.496 e. The smallest absolute Gasteiger partial charge is 0.393 e. The summed E-state index contributed by atoms with van der Waals surface area (Å²) >= 11 is 3.33. The molecule has 1 aliphatic rings. The van der Waals surface area contributed by atoms with Crippen LogP contribution in [0.1, 0.15) is 31.2 Å². The predicted molar refractivity (Wildman–Crippen MR) is 89.7 cm³/mol. The first kappa shape index (κ1) is 18.8. The quantitative estimate of drug-likeness (QED) is 0.736. The number of halogens is 4. The third-order valence-electron chi connectivity index (χ3n) is 4.12. The van der Waals surface area contributed by atoms with Crippen molar-refractivity contribution in [2.75, 3.05) is 7.11 Å². The van der Waals surface area contributed by atoms with Crippen molar-refractivity contribution in [2.24, 2.45) is 5.92 Å². The fraction of sp³-hybridized carbons (Fsp3) is 0.471. The van der Waals surface area contributed by atoms with Gasteiger partial charge in [-0.05, 0) is 37.1 Å². The number of carbonyl (C=O) groups is 1. The lowest BCUT2D eigenvalue weighted by atomic mass is 9.84. The third kappa shape index (κ3) is 5.00. The highest BCUT2D eigenvalue weighted by molar-refractivity contribution is 9.10. The Morgan fingerprint density at radius 2 is 2.04 bits per heavy atom. The summed E-state index contributed by atoms with van der Waals surface area (Å²) in [7, 11) is 1.51. The van der Waals surface area contributed by atoms with Crippen LogP contribution in [0.3, 0.4) is 0 Å². The number of ether oxygens (including phenoxy) is 1. The summed E-state index contributed by atoms with van der Waals surface area (Å²) in [6.07, 6.45) is 0.149. The molecule has 0 aromatic heterocycles. The van der Waals surface area contributed by atoms with E-state index in [9.17, 15) is 18.0 Å². The van der Waals surface area contributed by atoms with Gasteiger partial charge in [-0.25, -0.2) is 0 Å². The highest BCUT2D eigenvalue weighted by Crippen LogP contribution is 2.37. The zero-order valence-electron chi connectivity index (χ0n) is 13.2. The van der Waals surface area contributed by atoms with E-state index in [-0.39, 0.29) is 6.42 Å². The van der Waals surface area contributed by atoms with Crippen molar-refractivity contribution in [2.45, 2.75) is 37.9 Å². The summed E-state index contributed by atoms with van der Waals surface area (Å²) in [6, 6.07) is 4.44. The number of amides is 1. The Hall–Kier alpha value is -1.50. The highest BCUT2D eigenvalue weighted by atomic mass is 79.9. The van der Waals surface area contributed by atoms with Crippen LogP contribution >= 0.6 is 15.9 Å². The standard InChI is InChI=1S/C17H19BrF3NO2/c1-24-15-8-7-12(18)10-11(15)6-9-16(23)22-14-5-3-2-4-13(14)17(19,20)21/h6-10,13-14H,2-5H2,1H3,(H,22,23)/b9-6+. The van der Waals surface area contributed by atoms with Crippen LogP contribution in [-0.2, 0) is 4.79 Å². The van der Waals surface area contributed by atoms with E-state index >= 15 is 0 Å². The van der Waals surface area contributed by atoms with Gasteiger partial charge in [0.1, 0.15) is 5.75 Å². The molecule has 3 nitrogen and oxygen atoms in total. The molecule has 0 heterocycles. The number of carbonyl (C=O) groups excluding carboxylic acids is 1. The Kier molecular flexibility index (Phi) is 6.32. The zero-order valence-corrected chi connectivity index (χ0v) is 14.8. The summed E-state index contributed by atoms with van der Waals surface area (Å²) < 4.78 is 45.1. The molecule has 0 aliphatic heterocycles. The van der Waals surface area contributed by atoms with Crippen molar-refractivity contribution < 1.29 is 22.7 Å². The maximum Gasteiger partial charge on any atom is 0.393 e. The van der Waals surface area contributed by atoms with E-state index in [1.165, 1.54) is 19.3 Å². The molecule has 1 fully saturated rings. The summed E-state index contributed by atoms with van der Waals surface area (Å²) in [4.78, 5) is 12.0. The first-order valence-corrected chi connectivity index (χ1v) is 8.49. The molecule has 1 amide bonds. The van der Waals surface area contributed by atoms with Crippen LogP contribution < -0.4 is 10.1 Å². The molecule has 0 radical (unpaired) electrons. The van der Waals surface area contributed by atoms with Gasteiger partial charge in [-0.15, -0.1) is 0 Å². The number of hydrogen-bond acceptors (Lipinski definition) is 2. The molecule has 1 aliphatic carbocycles. The molecule has 7 heteroatoms. The first-order valence-electron chi connectivity index (χ1n) is 7.70. The highest BCUT2D eigenvalue weighted by Gasteiger charge is 2.45. The lowest BCUT2D eigenvalue weighted by Gasteiger charge is -2.33. The second kappa shape index (κ2) is 8.05. The molecule has 2 unspecified atom stereocenters. The molecule has 1 aromatic carbocycles. The number of benzene rings is 1. The lowest BCUT2D eigenvalue weighted by molar-refractivity contribution is -0.188. The maximum atomic E-state index is 13.0. The molecule has 2 rings (SSSR count). The number of methoxy groups -OCH3 is 1. The fourth-order valence-electron chi connectivity index (χ4n) is 2.93. The topological polar surface area (TPSA) is 38.3 Å². The molecule has 1 N–H and O–H groups in total. The normalized spacial score (nSPS) is 21.7. The second-order valence-electron chi connectivity index (χ2n) is 5.77. The van der Waals surface area contributed by atoms with Gasteiger partial charge >= 0.3 is 6.18 Å². The van der Waals surface area contributed by atoms with E-state index < -0.39 is 24.0 Å². The summed E-state index contributed by atoms with van der Waals surface area (Å²) in [6.45, 7) is 0. The Balaban J connectivity index is 2.06. The van der Waals surface area contributed by atoms with Crippen molar-refractivity contribution in [3.63, 3.8) is 0 Å². The summed E-state index contributed by atoms with van der Waals surface area (Å²) in [5, 5.41) is 2.50. The van der Waals surface area contributed by atoms with Crippen LogP contribution in [0.25, 0.3) is 6.08 Å². The minimum atomic E-state index is -4.28. The molecule has 2 atom stereocenters. The van der Waals surface area contributed by atoms with E-state index in [1.807, 2.05) is 0 Å². The Morgan fingerprint density at radius 3 is 2.71 bits per heavy atom. The van der Waals surface area contributed by atoms with Gasteiger partial charge in [-0.3, -0.25) is 4.79 Å². The molecular formula is C17H19BrF3NO2. The van der Waals surface area contributed by atoms with Gasteiger partial charge in [0.15, 0.2) is 0 Å². The number of hydrogen-bond donors (Lipinski definition) is 1. The predicted octanol–water partition coefficient (Wildman–Crippen LogP) is 4.71. The molecule has 1 aromatic rings. The van der Waals surface area contributed by atoms with Crippen molar-refractivity contribution in [3.8, 4) is 5.75 Å². The van der Waals surface area contributed by atoms with Crippen LogP contribution in [0.15, 0.2) is 28.7 Å². The van der Waals surface area contributed by atoms with Crippen LogP contribution in [0.4, 0.5) is 13.2 Å². The van der Waals surface area contributed by atoms with E-state index in [1.54, 1.807) is 18.2 Å². The van der Waals surface area contributed by atoms with Crippen LogP contribution in [-0.4, -0.2) is 25.2 Å². The first-order chi connectivity index (χ1) is 11.3. The van der Waals surface area contributed by atoms with Gasteiger partial charge in [-0.1, -0.05) is 28.8 Å². The number of nitrogens with one attached hydrogen (secondary N) is 1. The second-order valence-corrected chi connectivity index (χ2v) is 6.68. The summed E-state index contributed by atoms with van der Waals surface area (Å²) in [5.74, 6) is -1.42. The lowest BCUT2D eigenvalue weighted by Crippen LogP contribution is -2.47. The van der Waals surface area contributed by atoms with Crippen LogP contribution in [0, 0.1) is 5.92 Å². The Morgan fingerprint density at radius 1 is 1.33 bits per heavy atom. The van der Waals surface area contributed by atoms with Crippen LogP contribution in [0.2, 0.25) is 0 Å². The van der Waals surface area contributed by atoms with Gasteiger partial charge in [0.05, 0.1) is 13.0 Å². The number of rotatable bonds is 4. The maximum absolute atomic E-state index is 13.0. The van der Waals surface area contributed by atoms with E-state index in [4.69, 9.17) is 4.74 Å². The van der Waals surface area contributed by atoms with Gasteiger partial charge < -0.3 is 10.1 Å². The Labute approximate surface area is 147 Å². The third-order valence-corrected chi connectivity index (χ3v) is 4.61. The zero-order chi connectivity index (χ0) is 17.7. The molecule has 1 saturated carbocycles. The van der Waals surface area contributed by atoms with Crippen molar-refractivity contribution in [1.82, 2.24) is 5.32 Å². The molecule has 132 valence electrons. The van der Waals surface area contributed by atoms with Gasteiger partial charge in [0.25, 0.3) is 0 Å². The average molecular weight is 406 g/mol. The molecule has 0 spiro atoms. The van der Waals surface area contributed by atoms with Gasteiger partial charge in [0.2, 0.25) is 5.91 Å². The SMILES string of the molecule is COc1ccc(Br)cc1/C=C/C(=O)NC1CCCCC1C(F)(F)F. The van der Waals surface area contributed by atoms with E-state index in [0.29, 0.717) is 30.6 Å². The summed E-state index contributed by atoms with van der Waals surface area (Å²) in [5.41, 5.74) is 0.665. The van der Waals surface area contributed by atoms with Crippen LogP contribution in [0.5, 0.6) is 5.75 Å². The average Bonchev–Trinajstić information content (AvgIpc) is 2.52. The Bertz CT molecular complexity index is 616. The molecular weight excluding hydrogens is 387 g/mol.